The van der Waals surface area contributed by atoms with Crippen LogP contribution in [0.2, 0.25) is 0 Å². The highest BCUT2D eigenvalue weighted by molar-refractivity contribution is 5.07. The lowest BCUT2D eigenvalue weighted by Crippen LogP contribution is -2.02. The second kappa shape index (κ2) is 17.8. The Labute approximate surface area is 215 Å². The molecule has 0 aliphatic rings. The van der Waals surface area contributed by atoms with Gasteiger partial charge >= 0.3 is 0 Å². The molecule has 0 aliphatic carbocycles. The van der Waals surface area contributed by atoms with Crippen LogP contribution in [0.25, 0.3) is 0 Å². The molecule has 34 heavy (non-hydrogen) atoms. The highest BCUT2D eigenvalue weighted by Crippen LogP contribution is 2.26. The molecule has 0 spiro atoms. The highest BCUT2D eigenvalue weighted by atomic mass is 14.2. The maximum atomic E-state index is 4.36. The normalized spacial score (nSPS) is 16.0. The Morgan fingerprint density at radius 3 is 1.09 bits per heavy atom. The fraction of sp³-hybridized carbons (Fsp3) is 0.647. The second-order valence-electron chi connectivity index (χ2n) is 11.4. The number of rotatable bonds is 19. The Balaban J connectivity index is 4.20. The summed E-state index contributed by atoms with van der Waals surface area (Å²) in [5.74, 6) is 2.39. The molecule has 0 radical (unpaired) electrons. The third-order valence-corrected chi connectivity index (χ3v) is 7.97. The molecule has 0 aromatic rings. The standard InChI is InChI=1S/C34H58/c1-25(2)29(7)21-23-33(11)31(9)19-17-27(5)15-13-14-16-28(6)18-20-32(10)34(12)24-22-30(8)26(3)4/h15-16,29-32H,1,3,11-14,17-24H2,2,4-10H3/b27-15+,28-16+. The van der Waals surface area contributed by atoms with Crippen molar-refractivity contribution < 1.29 is 0 Å². The Bertz CT molecular complexity index is 648. The van der Waals surface area contributed by atoms with Crippen LogP contribution in [-0.4, -0.2) is 0 Å². The smallest absolute Gasteiger partial charge is 0.0231 e. The summed E-state index contributed by atoms with van der Waals surface area (Å²) >= 11 is 0. The summed E-state index contributed by atoms with van der Waals surface area (Å²) in [6.45, 7) is 34.9. The molecule has 0 saturated carbocycles. The lowest BCUT2D eigenvalue weighted by molar-refractivity contribution is 0.542. The zero-order valence-electron chi connectivity index (χ0n) is 24.4. The first kappa shape index (κ1) is 32.4. The van der Waals surface area contributed by atoms with E-state index in [0.29, 0.717) is 23.7 Å². The Kier molecular flexibility index (Phi) is 17.0. The molecular weight excluding hydrogens is 408 g/mol. The Morgan fingerprint density at radius 2 is 0.794 bits per heavy atom. The molecule has 0 aliphatic heterocycles. The monoisotopic (exact) mass is 466 g/mol. The minimum Gasteiger partial charge on any atom is -0.0999 e. The first-order valence-electron chi connectivity index (χ1n) is 13.8. The van der Waals surface area contributed by atoms with E-state index in [2.05, 4.69) is 93.9 Å². The number of hydrogen-bond donors (Lipinski definition) is 0. The zero-order valence-corrected chi connectivity index (χ0v) is 24.4. The molecule has 4 atom stereocenters. The summed E-state index contributed by atoms with van der Waals surface area (Å²) in [5, 5.41) is 0. The van der Waals surface area contributed by atoms with E-state index >= 15 is 0 Å². The fourth-order valence-corrected chi connectivity index (χ4v) is 3.95. The molecule has 0 heterocycles. The van der Waals surface area contributed by atoms with E-state index in [1.807, 2.05) is 0 Å². The zero-order chi connectivity index (χ0) is 26.3. The molecule has 0 aromatic heterocycles. The van der Waals surface area contributed by atoms with Crippen molar-refractivity contribution in [1.82, 2.24) is 0 Å². The largest absolute Gasteiger partial charge is 0.0999 e. The van der Waals surface area contributed by atoms with Crippen molar-refractivity contribution in [1.29, 1.82) is 0 Å². The summed E-state index contributed by atoms with van der Waals surface area (Å²) in [6.07, 6.45) is 16.6. The van der Waals surface area contributed by atoms with Gasteiger partial charge in [0.1, 0.15) is 0 Å². The molecule has 0 amide bonds. The van der Waals surface area contributed by atoms with Crippen LogP contribution in [0.15, 0.2) is 71.9 Å². The first-order valence-corrected chi connectivity index (χ1v) is 13.8. The van der Waals surface area contributed by atoms with E-state index in [0.717, 1.165) is 25.7 Å². The minimum atomic E-state index is 0.597. The van der Waals surface area contributed by atoms with Gasteiger partial charge in [-0.3, -0.25) is 0 Å². The number of unbranched alkanes of at least 4 members (excludes halogenated alkanes) is 1. The van der Waals surface area contributed by atoms with Gasteiger partial charge in [0.2, 0.25) is 0 Å². The van der Waals surface area contributed by atoms with Crippen LogP contribution in [0.4, 0.5) is 0 Å². The average Bonchev–Trinajstić information content (AvgIpc) is 2.79. The summed E-state index contributed by atoms with van der Waals surface area (Å²) in [5.41, 5.74) is 8.42. The van der Waals surface area contributed by atoms with E-state index in [1.54, 1.807) is 0 Å². The third kappa shape index (κ3) is 15.4. The molecule has 0 N–H and O–H groups in total. The van der Waals surface area contributed by atoms with Crippen molar-refractivity contribution in [2.24, 2.45) is 23.7 Å². The van der Waals surface area contributed by atoms with Crippen molar-refractivity contribution in [2.45, 2.75) is 120 Å². The predicted octanol–water partition coefficient (Wildman–Crippen LogP) is 11.6. The quantitative estimate of drug-likeness (QED) is 0.131. The molecule has 4 unspecified atom stereocenters. The van der Waals surface area contributed by atoms with Crippen LogP contribution in [-0.2, 0) is 0 Å². The van der Waals surface area contributed by atoms with Gasteiger partial charge in [0.15, 0.2) is 0 Å². The molecule has 0 bridgehead atoms. The average molecular weight is 467 g/mol. The summed E-state index contributed by atoms with van der Waals surface area (Å²) in [7, 11) is 0. The topological polar surface area (TPSA) is 0 Å². The van der Waals surface area contributed by atoms with Crippen molar-refractivity contribution in [3.8, 4) is 0 Å². The van der Waals surface area contributed by atoms with Gasteiger partial charge in [-0.05, 0) is 116 Å². The van der Waals surface area contributed by atoms with E-state index in [-0.39, 0.29) is 0 Å². The van der Waals surface area contributed by atoms with E-state index < -0.39 is 0 Å². The third-order valence-electron chi connectivity index (χ3n) is 7.97. The van der Waals surface area contributed by atoms with Crippen LogP contribution in [0.5, 0.6) is 0 Å². The summed E-state index contributed by atoms with van der Waals surface area (Å²) in [6, 6.07) is 0. The van der Waals surface area contributed by atoms with Gasteiger partial charge in [-0.25, -0.2) is 0 Å². The van der Waals surface area contributed by atoms with E-state index in [4.69, 9.17) is 0 Å². The van der Waals surface area contributed by atoms with Crippen molar-refractivity contribution >= 4 is 0 Å². The lowest BCUT2D eigenvalue weighted by Gasteiger charge is -2.18. The Hall–Kier alpha value is -1.56. The van der Waals surface area contributed by atoms with Crippen molar-refractivity contribution in [2.75, 3.05) is 0 Å². The van der Waals surface area contributed by atoms with Crippen LogP contribution in [0.1, 0.15) is 120 Å². The van der Waals surface area contributed by atoms with Crippen molar-refractivity contribution in [3.63, 3.8) is 0 Å². The van der Waals surface area contributed by atoms with Crippen LogP contribution < -0.4 is 0 Å². The molecule has 0 saturated heterocycles. The van der Waals surface area contributed by atoms with Crippen LogP contribution >= 0.6 is 0 Å². The highest BCUT2D eigenvalue weighted by Gasteiger charge is 2.11. The second-order valence-corrected chi connectivity index (χ2v) is 11.4. The molecule has 0 nitrogen and oxygen atoms in total. The number of hydrogen-bond acceptors (Lipinski definition) is 0. The lowest BCUT2D eigenvalue weighted by atomic mass is 9.88. The minimum absolute atomic E-state index is 0.597. The first-order chi connectivity index (χ1) is 15.8. The van der Waals surface area contributed by atoms with Gasteiger partial charge in [0.25, 0.3) is 0 Å². The summed E-state index contributed by atoms with van der Waals surface area (Å²) in [4.78, 5) is 0. The van der Waals surface area contributed by atoms with Gasteiger partial charge in [-0.1, -0.05) is 99.6 Å². The van der Waals surface area contributed by atoms with E-state index in [9.17, 15) is 0 Å². The molecule has 0 aromatic carbocycles. The fourth-order valence-electron chi connectivity index (χ4n) is 3.95. The van der Waals surface area contributed by atoms with Crippen LogP contribution in [0, 0.1) is 23.7 Å². The van der Waals surface area contributed by atoms with Gasteiger partial charge in [0, 0.05) is 0 Å². The predicted molar refractivity (Wildman–Crippen MR) is 158 cm³/mol. The van der Waals surface area contributed by atoms with E-state index in [1.165, 1.54) is 72.0 Å². The molecular formula is C34H58. The van der Waals surface area contributed by atoms with Gasteiger partial charge in [-0.15, -0.1) is 0 Å². The maximum Gasteiger partial charge on any atom is -0.0231 e. The van der Waals surface area contributed by atoms with Gasteiger partial charge in [0.05, 0.1) is 0 Å². The molecule has 0 heteroatoms. The maximum absolute atomic E-state index is 4.36. The summed E-state index contributed by atoms with van der Waals surface area (Å²) < 4.78 is 0. The van der Waals surface area contributed by atoms with Gasteiger partial charge < -0.3 is 0 Å². The van der Waals surface area contributed by atoms with Gasteiger partial charge in [-0.2, -0.15) is 0 Å². The molecule has 0 rings (SSSR count). The van der Waals surface area contributed by atoms with Crippen molar-refractivity contribution in [3.05, 3.63) is 71.9 Å². The molecule has 194 valence electrons. The van der Waals surface area contributed by atoms with Crippen LogP contribution in [0.3, 0.4) is 0 Å². The Morgan fingerprint density at radius 1 is 0.500 bits per heavy atom. The number of allylic oxidation sites excluding steroid dienone is 8. The SMILES string of the molecule is C=C(C)C(C)CCC(=C)C(C)CC/C(C)=C/CC/C=C(\C)CCC(C)C(=C)CCC(C)C(=C)C. The molecule has 0 fully saturated rings.